The number of hydrogen-bond acceptors (Lipinski definition) is 1. The van der Waals surface area contributed by atoms with Crippen molar-refractivity contribution in [3.05, 3.63) is 115 Å². The third kappa shape index (κ3) is 3.59. The topological polar surface area (TPSA) is 20.2 Å². The molecule has 0 aliphatic heterocycles. The average Bonchev–Trinajstić information content (AvgIpc) is 2.73. The van der Waals surface area contributed by atoms with Crippen LogP contribution in [0.5, 0.6) is 5.75 Å². The molecule has 4 aromatic rings. The van der Waals surface area contributed by atoms with E-state index >= 15 is 0 Å². The van der Waals surface area contributed by atoms with Gasteiger partial charge in [-0.15, -0.1) is 24.0 Å². The van der Waals surface area contributed by atoms with Gasteiger partial charge in [0, 0.05) is 0 Å². The minimum Gasteiger partial charge on any atom is -0.107 e. The standard InChI is InChI=1S/C25H23OP.HI/c1-20-17-18-24(26)25(19-20)27(21-11-5-2-6-12-21,22-13-7-3-8-14-22)23-15-9-4-10-16-23;/h2-19,26-27H,1H3;1H. The van der Waals surface area contributed by atoms with E-state index in [1.807, 2.05) is 12.1 Å². The van der Waals surface area contributed by atoms with Crippen molar-refractivity contribution in [1.82, 2.24) is 0 Å². The molecule has 0 aliphatic carbocycles. The van der Waals surface area contributed by atoms with E-state index < -0.39 is 7.26 Å². The zero-order valence-electron chi connectivity index (χ0n) is 15.7. The Morgan fingerprint density at radius 1 is 0.571 bits per heavy atom. The number of benzene rings is 4. The minimum atomic E-state index is -2.63. The van der Waals surface area contributed by atoms with Gasteiger partial charge in [-0.1, -0.05) is 0 Å². The molecule has 3 heteroatoms. The Bertz CT molecular complexity index is 937. The van der Waals surface area contributed by atoms with Gasteiger partial charge in [0.2, 0.25) is 0 Å². The molecular formula is C25H24IOP. The summed E-state index contributed by atoms with van der Waals surface area (Å²) in [6.07, 6.45) is 0. The van der Waals surface area contributed by atoms with Crippen molar-refractivity contribution in [3.63, 3.8) is 0 Å². The Kier molecular flexibility index (Phi) is 6.53. The van der Waals surface area contributed by atoms with E-state index in [4.69, 9.17) is 0 Å². The molecule has 0 spiro atoms. The van der Waals surface area contributed by atoms with E-state index in [1.54, 1.807) is 0 Å². The summed E-state index contributed by atoms with van der Waals surface area (Å²) >= 11 is 0. The maximum Gasteiger partial charge on any atom is -0.107 e. The molecule has 4 aromatic carbocycles. The summed E-state index contributed by atoms with van der Waals surface area (Å²) in [5.74, 6) is 0.365. The summed E-state index contributed by atoms with van der Waals surface area (Å²) < 4.78 is 0. The van der Waals surface area contributed by atoms with Crippen molar-refractivity contribution >= 4 is 52.5 Å². The predicted octanol–water partition coefficient (Wildman–Crippen LogP) is 4.67. The van der Waals surface area contributed by atoms with Crippen molar-refractivity contribution < 1.29 is 5.11 Å². The van der Waals surface area contributed by atoms with Gasteiger partial charge in [-0.3, -0.25) is 0 Å². The van der Waals surface area contributed by atoms with E-state index in [1.165, 1.54) is 15.9 Å². The van der Waals surface area contributed by atoms with Crippen LogP contribution < -0.4 is 21.2 Å². The number of rotatable bonds is 4. The molecule has 0 amide bonds. The van der Waals surface area contributed by atoms with Crippen LogP contribution in [0, 0.1) is 6.92 Å². The Hall–Kier alpha value is -2.16. The largest absolute Gasteiger partial charge is 0.107 e. The number of aromatic hydroxyl groups is 1. The zero-order chi connectivity index (χ0) is 18.7. The first-order valence-electron chi connectivity index (χ1n) is 9.19. The van der Waals surface area contributed by atoms with Crippen LogP contribution in [0.25, 0.3) is 0 Å². The molecule has 4 rings (SSSR count). The van der Waals surface area contributed by atoms with Gasteiger partial charge >= 0.3 is 161 Å². The molecule has 1 nitrogen and oxygen atoms in total. The van der Waals surface area contributed by atoms with Gasteiger partial charge in [0.15, 0.2) is 0 Å². The third-order valence-electron chi connectivity index (χ3n) is 5.18. The van der Waals surface area contributed by atoms with Gasteiger partial charge in [0.05, 0.1) is 0 Å². The molecule has 0 heterocycles. The molecule has 0 saturated heterocycles. The molecule has 0 aromatic heterocycles. The van der Waals surface area contributed by atoms with E-state index in [-0.39, 0.29) is 24.0 Å². The summed E-state index contributed by atoms with van der Waals surface area (Å²) in [7, 11) is -2.63. The average molecular weight is 498 g/mol. The molecule has 28 heavy (non-hydrogen) atoms. The van der Waals surface area contributed by atoms with Gasteiger partial charge in [-0.05, 0) is 0 Å². The van der Waals surface area contributed by atoms with Crippen molar-refractivity contribution in [2.24, 2.45) is 0 Å². The van der Waals surface area contributed by atoms with Gasteiger partial charge < -0.3 is 0 Å². The Morgan fingerprint density at radius 2 is 0.964 bits per heavy atom. The minimum absolute atomic E-state index is 0. The Balaban J connectivity index is 0.00000225. The molecule has 0 fully saturated rings. The van der Waals surface area contributed by atoms with Crippen LogP contribution in [0.4, 0.5) is 0 Å². The Labute approximate surface area is 184 Å². The van der Waals surface area contributed by atoms with Crippen molar-refractivity contribution in [3.8, 4) is 5.75 Å². The molecule has 0 saturated carbocycles. The van der Waals surface area contributed by atoms with Crippen LogP contribution in [-0.2, 0) is 0 Å². The number of halogens is 1. The van der Waals surface area contributed by atoms with Crippen LogP contribution in [0.1, 0.15) is 5.56 Å². The van der Waals surface area contributed by atoms with Crippen LogP contribution in [-0.4, -0.2) is 5.11 Å². The van der Waals surface area contributed by atoms with Crippen LogP contribution in [0.15, 0.2) is 109 Å². The SMILES string of the molecule is Cc1ccc(O)c([PH](c2ccccc2)(c2ccccc2)c2ccccc2)c1.I. The first-order chi connectivity index (χ1) is 13.2. The van der Waals surface area contributed by atoms with E-state index in [9.17, 15) is 5.11 Å². The molecule has 0 radical (unpaired) electrons. The fourth-order valence-corrected chi connectivity index (χ4v) is 8.90. The summed E-state index contributed by atoms with van der Waals surface area (Å²) in [6.45, 7) is 2.09. The maximum absolute atomic E-state index is 11.0. The number of phenolic OH excluding ortho intramolecular Hbond substituents is 1. The monoisotopic (exact) mass is 498 g/mol. The molecule has 0 unspecified atom stereocenters. The second-order valence-corrected chi connectivity index (χ2v) is 10.6. The number of hydrogen-bond donors (Lipinski definition) is 1. The Morgan fingerprint density at radius 3 is 1.36 bits per heavy atom. The van der Waals surface area contributed by atoms with E-state index in [0.29, 0.717) is 5.75 Å². The fraction of sp³-hybridized carbons (Fsp3) is 0.0400. The number of aryl methyl sites for hydroxylation is 1. The number of phenols is 1. The molecule has 0 bridgehead atoms. The van der Waals surface area contributed by atoms with Crippen molar-refractivity contribution in [2.75, 3.05) is 0 Å². The van der Waals surface area contributed by atoms with E-state index in [0.717, 1.165) is 10.9 Å². The first kappa shape index (κ1) is 20.6. The maximum atomic E-state index is 11.0. The van der Waals surface area contributed by atoms with E-state index in [2.05, 4.69) is 104 Å². The first-order valence-corrected chi connectivity index (χ1v) is 11.2. The van der Waals surface area contributed by atoms with Crippen molar-refractivity contribution in [2.45, 2.75) is 6.92 Å². The van der Waals surface area contributed by atoms with Gasteiger partial charge in [0.1, 0.15) is 0 Å². The summed E-state index contributed by atoms with van der Waals surface area (Å²) in [5.41, 5.74) is 1.16. The second-order valence-electron chi connectivity index (χ2n) is 6.87. The summed E-state index contributed by atoms with van der Waals surface area (Å²) in [5, 5.41) is 15.8. The normalized spacial score (nSPS) is 11.5. The van der Waals surface area contributed by atoms with Crippen LogP contribution >= 0.6 is 31.2 Å². The van der Waals surface area contributed by atoms with Crippen LogP contribution in [0.2, 0.25) is 0 Å². The summed E-state index contributed by atoms with van der Waals surface area (Å²) in [6, 6.07) is 37.9. The zero-order valence-corrected chi connectivity index (χ0v) is 19.1. The van der Waals surface area contributed by atoms with Crippen molar-refractivity contribution in [1.29, 1.82) is 0 Å². The molecule has 0 aliphatic rings. The fourth-order valence-electron chi connectivity index (χ4n) is 3.98. The molecule has 1 N–H and O–H groups in total. The van der Waals surface area contributed by atoms with Gasteiger partial charge in [-0.2, -0.15) is 0 Å². The van der Waals surface area contributed by atoms with Crippen LogP contribution in [0.3, 0.4) is 0 Å². The quantitative estimate of drug-likeness (QED) is 0.321. The molecular weight excluding hydrogens is 474 g/mol. The van der Waals surface area contributed by atoms with Gasteiger partial charge in [0.25, 0.3) is 0 Å². The second kappa shape index (κ2) is 8.89. The summed E-state index contributed by atoms with van der Waals surface area (Å²) in [4.78, 5) is 0. The predicted molar refractivity (Wildman–Crippen MR) is 134 cm³/mol. The molecule has 142 valence electrons. The van der Waals surface area contributed by atoms with Gasteiger partial charge in [-0.25, -0.2) is 0 Å². The molecule has 0 atom stereocenters. The third-order valence-corrected chi connectivity index (χ3v) is 9.98. The smallest absolute Gasteiger partial charge is 0.107 e.